The van der Waals surface area contributed by atoms with Crippen molar-refractivity contribution in [1.29, 1.82) is 0 Å². The molecule has 0 bridgehead atoms. The van der Waals surface area contributed by atoms with Gasteiger partial charge in [-0.3, -0.25) is 4.79 Å². The second-order valence-corrected chi connectivity index (χ2v) is 4.53. The van der Waals surface area contributed by atoms with Crippen LogP contribution in [0.15, 0.2) is 55.1 Å². The fraction of sp³-hybridized carbons (Fsp3) is 0.0667. The van der Waals surface area contributed by atoms with Crippen LogP contribution in [0.3, 0.4) is 0 Å². The molecule has 3 aromatic rings. The number of hydrogen-bond donors (Lipinski definition) is 1. The number of carbonyl (C=O) groups excluding carboxylic acids is 1. The third-order valence-corrected chi connectivity index (χ3v) is 2.90. The number of aryl methyl sites for hydroxylation is 1. The van der Waals surface area contributed by atoms with Crippen molar-refractivity contribution in [3.05, 3.63) is 66.2 Å². The molecule has 0 fully saturated rings. The first-order valence-electron chi connectivity index (χ1n) is 6.42. The Morgan fingerprint density at radius 3 is 2.67 bits per heavy atom. The fourth-order valence-electron chi connectivity index (χ4n) is 1.79. The Morgan fingerprint density at radius 2 is 2.05 bits per heavy atom. The van der Waals surface area contributed by atoms with Crippen molar-refractivity contribution in [1.82, 2.24) is 19.7 Å². The second-order valence-electron chi connectivity index (χ2n) is 4.53. The molecular weight excluding hydrogens is 266 g/mol. The van der Waals surface area contributed by atoms with E-state index in [0.717, 1.165) is 5.56 Å². The molecule has 0 saturated carbocycles. The number of pyridine rings is 2. The first kappa shape index (κ1) is 13.0. The van der Waals surface area contributed by atoms with Gasteiger partial charge in [-0.25, -0.2) is 14.6 Å². The van der Waals surface area contributed by atoms with Crippen molar-refractivity contribution >= 4 is 11.7 Å². The molecule has 0 unspecified atom stereocenters. The third-order valence-electron chi connectivity index (χ3n) is 2.90. The first-order valence-corrected chi connectivity index (χ1v) is 6.42. The number of rotatable bonds is 3. The molecule has 0 aliphatic heterocycles. The summed E-state index contributed by atoms with van der Waals surface area (Å²) in [5.41, 5.74) is 1.51. The fourth-order valence-corrected chi connectivity index (χ4v) is 1.79. The van der Waals surface area contributed by atoms with Gasteiger partial charge in [0.25, 0.3) is 5.91 Å². The van der Waals surface area contributed by atoms with Gasteiger partial charge in [-0.05, 0) is 36.8 Å². The normalized spacial score (nSPS) is 10.3. The van der Waals surface area contributed by atoms with Crippen LogP contribution in [0.2, 0.25) is 0 Å². The molecule has 0 saturated heterocycles. The molecule has 0 radical (unpaired) electrons. The minimum Gasteiger partial charge on any atom is -0.307 e. The Labute approximate surface area is 121 Å². The summed E-state index contributed by atoms with van der Waals surface area (Å²) in [6, 6.07) is 8.91. The summed E-state index contributed by atoms with van der Waals surface area (Å²) < 4.78 is 1.63. The zero-order chi connectivity index (χ0) is 14.7. The molecule has 1 amide bonds. The van der Waals surface area contributed by atoms with E-state index in [9.17, 15) is 4.79 Å². The summed E-state index contributed by atoms with van der Waals surface area (Å²) in [6.45, 7) is 1.94. The molecule has 0 atom stereocenters. The van der Waals surface area contributed by atoms with Gasteiger partial charge in [-0.15, -0.1) is 0 Å². The number of nitrogens with one attached hydrogen (secondary N) is 1. The Hall–Kier alpha value is -3.02. The molecule has 0 aliphatic rings. The zero-order valence-electron chi connectivity index (χ0n) is 11.4. The lowest BCUT2D eigenvalue weighted by Crippen LogP contribution is -2.13. The van der Waals surface area contributed by atoms with Crippen LogP contribution in [0.25, 0.3) is 5.82 Å². The minimum absolute atomic E-state index is 0.245. The van der Waals surface area contributed by atoms with E-state index in [1.807, 2.05) is 19.1 Å². The summed E-state index contributed by atoms with van der Waals surface area (Å²) in [7, 11) is 0. The largest absolute Gasteiger partial charge is 0.307 e. The summed E-state index contributed by atoms with van der Waals surface area (Å²) >= 11 is 0. The van der Waals surface area contributed by atoms with Gasteiger partial charge in [-0.1, -0.05) is 6.07 Å². The maximum absolute atomic E-state index is 12.1. The molecular formula is C15H13N5O. The van der Waals surface area contributed by atoms with Gasteiger partial charge in [0.1, 0.15) is 5.82 Å². The minimum atomic E-state index is -0.245. The Kier molecular flexibility index (Phi) is 3.42. The van der Waals surface area contributed by atoms with Gasteiger partial charge in [0.2, 0.25) is 0 Å². The highest BCUT2D eigenvalue weighted by Crippen LogP contribution is 2.08. The van der Waals surface area contributed by atoms with E-state index in [1.54, 1.807) is 41.5 Å². The topological polar surface area (TPSA) is 72.7 Å². The standard InChI is InChI=1S/C15H13N5O/c1-11-3-5-13(16-9-11)19-15(21)12-4-6-14(17-10-12)20-8-2-7-18-20/h2-10H,1H3,(H,16,19,21). The molecule has 0 aromatic carbocycles. The van der Waals surface area contributed by atoms with E-state index in [2.05, 4.69) is 20.4 Å². The van der Waals surface area contributed by atoms with Crippen LogP contribution >= 0.6 is 0 Å². The average Bonchev–Trinajstić information content (AvgIpc) is 3.04. The zero-order valence-corrected chi connectivity index (χ0v) is 11.4. The lowest BCUT2D eigenvalue weighted by molar-refractivity contribution is 0.102. The van der Waals surface area contributed by atoms with Crippen LogP contribution in [0, 0.1) is 6.92 Å². The number of aromatic nitrogens is 4. The highest BCUT2D eigenvalue weighted by molar-refractivity contribution is 6.03. The molecule has 3 aromatic heterocycles. The monoisotopic (exact) mass is 279 g/mol. The first-order chi connectivity index (χ1) is 10.2. The maximum Gasteiger partial charge on any atom is 0.258 e. The number of hydrogen-bond acceptors (Lipinski definition) is 4. The molecule has 6 heteroatoms. The van der Waals surface area contributed by atoms with Gasteiger partial charge >= 0.3 is 0 Å². The SMILES string of the molecule is Cc1ccc(NC(=O)c2ccc(-n3cccn3)nc2)nc1. The van der Waals surface area contributed by atoms with E-state index < -0.39 is 0 Å². The lowest BCUT2D eigenvalue weighted by Gasteiger charge is -2.05. The molecule has 1 N–H and O–H groups in total. The van der Waals surface area contributed by atoms with Crippen molar-refractivity contribution < 1.29 is 4.79 Å². The van der Waals surface area contributed by atoms with Gasteiger partial charge in [-0.2, -0.15) is 5.10 Å². The van der Waals surface area contributed by atoms with Crippen LogP contribution in [0.4, 0.5) is 5.82 Å². The summed E-state index contributed by atoms with van der Waals surface area (Å²) in [6.07, 6.45) is 6.68. The van der Waals surface area contributed by atoms with Gasteiger partial charge in [0.05, 0.1) is 5.56 Å². The van der Waals surface area contributed by atoms with Crippen molar-refractivity contribution in [3.8, 4) is 5.82 Å². The maximum atomic E-state index is 12.1. The predicted octanol–water partition coefficient (Wildman–Crippen LogP) is 2.22. The molecule has 21 heavy (non-hydrogen) atoms. The highest BCUT2D eigenvalue weighted by Gasteiger charge is 2.08. The smallest absolute Gasteiger partial charge is 0.258 e. The van der Waals surface area contributed by atoms with Gasteiger partial charge < -0.3 is 5.32 Å². The van der Waals surface area contributed by atoms with Crippen molar-refractivity contribution in [2.24, 2.45) is 0 Å². The van der Waals surface area contributed by atoms with Gasteiger partial charge in [0, 0.05) is 24.8 Å². The van der Waals surface area contributed by atoms with E-state index >= 15 is 0 Å². The lowest BCUT2D eigenvalue weighted by atomic mass is 10.2. The molecule has 0 aliphatic carbocycles. The molecule has 0 spiro atoms. The second kappa shape index (κ2) is 5.54. The van der Waals surface area contributed by atoms with Gasteiger partial charge in [0.15, 0.2) is 5.82 Å². The molecule has 3 rings (SSSR count). The number of carbonyl (C=O) groups is 1. The van der Waals surface area contributed by atoms with E-state index in [4.69, 9.17) is 0 Å². The Balaban J connectivity index is 1.74. The van der Waals surface area contributed by atoms with Crippen molar-refractivity contribution in [2.45, 2.75) is 6.92 Å². The van der Waals surface area contributed by atoms with E-state index in [0.29, 0.717) is 17.2 Å². The molecule has 6 nitrogen and oxygen atoms in total. The highest BCUT2D eigenvalue weighted by atomic mass is 16.1. The van der Waals surface area contributed by atoms with E-state index in [1.165, 1.54) is 6.20 Å². The average molecular weight is 279 g/mol. The number of nitrogens with zero attached hydrogens (tertiary/aromatic N) is 4. The summed E-state index contributed by atoms with van der Waals surface area (Å²) in [5.74, 6) is 0.928. The number of anilines is 1. The quantitative estimate of drug-likeness (QED) is 0.798. The van der Waals surface area contributed by atoms with Crippen LogP contribution in [0.5, 0.6) is 0 Å². The Morgan fingerprint density at radius 1 is 1.14 bits per heavy atom. The predicted molar refractivity (Wildman–Crippen MR) is 78.3 cm³/mol. The summed E-state index contributed by atoms with van der Waals surface area (Å²) in [5, 5.41) is 6.81. The molecule has 104 valence electrons. The van der Waals surface area contributed by atoms with Crippen molar-refractivity contribution in [2.75, 3.05) is 5.32 Å². The summed E-state index contributed by atoms with van der Waals surface area (Å²) in [4.78, 5) is 20.4. The van der Waals surface area contributed by atoms with E-state index in [-0.39, 0.29) is 5.91 Å². The van der Waals surface area contributed by atoms with Crippen LogP contribution in [0.1, 0.15) is 15.9 Å². The third kappa shape index (κ3) is 2.94. The Bertz CT molecular complexity index is 733. The van der Waals surface area contributed by atoms with Crippen LogP contribution in [-0.4, -0.2) is 25.7 Å². The van der Waals surface area contributed by atoms with Crippen LogP contribution in [-0.2, 0) is 0 Å². The van der Waals surface area contributed by atoms with Crippen molar-refractivity contribution in [3.63, 3.8) is 0 Å². The number of amides is 1. The molecule has 3 heterocycles. The van der Waals surface area contributed by atoms with Crippen LogP contribution < -0.4 is 5.32 Å².